The third-order valence-electron chi connectivity index (χ3n) is 19.6. The first kappa shape index (κ1) is 75.3. The molecule has 9 fully saturated rings. The van der Waals surface area contributed by atoms with Gasteiger partial charge in [-0.3, -0.25) is 70.5 Å². The Balaban J connectivity index is 0.920. The van der Waals surface area contributed by atoms with Crippen molar-refractivity contribution in [2.75, 3.05) is 42.1 Å². The number of hydrogen-bond acceptors (Lipinski definition) is 37. The molecule has 1 aliphatic carbocycles. The van der Waals surface area contributed by atoms with Gasteiger partial charge in [0, 0.05) is 56.5 Å². The molecule has 5 unspecified atom stereocenters. The van der Waals surface area contributed by atoms with Crippen LogP contribution in [-0.4, -0.2) is 283 Å². The van der Waals surface area contributed by atoms with Gasteiger partial charge in [-0.1, -0.05) is 0 Å². The molecule has 103 heavy (non-hydrogen) atoms. The number of rotatable bonds is 26. The van der Waals surface area contributed by atoms with Crippen molar-refractivity contribution in [3.63, 3.8) is 0 Å². The quantitative estimate of drug-likeness (QED) is 0.0373. The average Bonchev–Trinajstić information content (AvgIpc) is 1.66. The van der Waals surface area contributed by atoms with Gasteiger partial charge in [0.15, 0.2) is 48.3 Å². The minimum atomic E-state index is -2.26. The molecule has 25 atom stereocenters. The number of aliphatic hydroxyl groups excluding tert-OH is 8. The van der Waals surface area contributed by atoms with Gasteiger partial charge in [-0.2, -0.15) is 0 Å². The first-order valence-electron chi connectivity index (χ1n) is 32.7. The van der Waals surface area contributed by atoms with E-state index in [9.17, 15) is 102 Å². The zero-order valence-electron chi connectivity index (χ0n) is 56.1. The number of nitrogens with one attached hydrogen (secondary N) is 3. The zero-order valence-corrected chi connectivity index (χ0v) is 56.1. The lowest BCUT2D eigenvalue weighted by atomic mass is 9.81. The summed E-state index contributed by atoms with van der Waals surface area (Å²) in [7, 11) is 0. The Bertz CT molecular complexity index is 3620. The summed E-state index contributed by atoms with van der Waals surface area (Å²) in [6.07, 6.45) is -32.7. The second-order valence-corrected chi connectivity index (χ2v) is 28.4. The van der Waals surface area contributed by atoms with Crippen LogP contribution in [0.25, 0.3) is 0 Å². The normalized spacial score (nSPS) is 36.1. The highest BCUT2D eigenvalue weighted by Crippen LogP contribution is 2.47. The van der Waals surface area contributed by atoms with E-state index in [1.54, 1.807) is 13.8 Å². The summed E-state index contributed by atoms with van der Waals surface area (Å²) in [5.41, 5.74) is -5.20. The van der Waals surface area contributed by atoms with Gasteiger partial charge in [-0.25, -0.2) is 0 Å². The van der Waals surface area contributed by atoms with Crippen molar-refractivity contribution < 1.29 is 127 Å². The van der Waals surface area contributed by atoms with Gasteiger partial charge in [0.2, 0.25) is 0 Å². The molecular weight excluding hydrogens is 1390 g/mol. The van der Waals surface area contributed by atoms with Crippen molar-refractivity contribution in [1.82, 2.24) is 9.80 Å². The number of hydrogen-bond donors (Lipinski definition) is 11. The maximum absolute atomic E-state index is 12.9. The Morgan fingerprint density at radius 1 is 0.388 bits per heavy atom. The summed E-state index contributed by atoms with van der Waals surface area (Å²) in [5, 5.41) is 182. The van der Waals surface area contributed by atoms with E-state index in [-0.39, 0.29) is 17.1 Å². The molecule has 12 rings (SSSR count). The molecule has 0 radical (unpaired) electrons. The van der Waals surface area contributed by atoms with Crippen LogP contribution in [-0.2, 0) is 56.8 Å². The minimum Gasteiger partial charge on any atom is -0.389 e. The molecule has 3 aromatic carbocycles. The van der Waals surface area contributed by atoms with Gasteiger partial charge in [0.1, 0.15) is 78.1 Å². The Kier molecular flexibility index (Phi) is 20.6. The molecule has 8 saturated heterocycles. The first-order valence-corrected chi connectivity index (χ1v) is 32.7. The Morgan fingerprint density at radius 3 is 0.922 bits per heavy atom. The predicted octanol–water partition coefficient (Wildman–Crippen LogP) is 0.0154. The fourth-order valence-corrected chi connectivity index (χ4v) is 15.2. The maximum atomic E-state index is 12.9. The van der Waals surface area contributed by atoms with Crippen LogP contribution in [0.5, 0.6) is 0 Å². The Morgan fingerprint density at radius 2 is 0.650 bits per heavy atom. The molecule has 8 heterocycles. The molecule has 43 heteroatoms. The van der Waals surface area contributed by atoms with Gasteiger partial charge in [0.05, 0.1) is 102 Å². The van der Waals surface area contributed by atoms with E-state index >= 15 is 0 Å². The molecule has 9 aliphatic rings. The third-order valence-corrected chi connectivity index (χ3v) is 19.6. The second-order valence-electron chi connectivity index (χ2n) is 28.4. The highest BCUT2D eigenvalue weighted by molar-refractivity contribution is 5.68. The first-order chi connectivity index (χ1) is 48.2. The van der Waals surface area contributed by atoms with E-state index < -0.39 is 272 Å². The smallest absolute Gasteiger partial charge is 0.299 e. The van der Waals surface area contributed by atoms with E-state index in [0.717, 1.165) is 36.4 Å². The zero-order chi connectivity index (χ0) is 74.8. The number of nitro groups is 6. The maximum Gasteiger partial charge on any atom is 0.299 e. The van der Waals surface area contributed by atoms with Crippen molar-refractivity contribution in [3.8, 4) is 0 Å². The van der Waals surface area contributed by atoms with Crippen molar-refractivity contribution in [3.05, 3.63) is 115 Å². The van der Waals surface area contributed by atoms with E-state index in [0.29, 0.717) is 18.2 Å². The highest BCUT2D eigenvalue weighted by atomic mass is 16.9. The van der Waals surface area contributed by atoms with Crippen LogP contribution < -0.4 is 16.0 Å². The fourth-order valence-electron chi connectivity index (χ4n) is 15.2. The van der Waals surface area contributed by atoms with Crippen molar-refractivity contribution >= 4 is 51.2 Å². The van der Waals surface area contributed by atoms with Crippen molar-refractivity contribution in [2.45, 2.75) is 238 Å². The summed E-state index contributed by atoms with van der Waals surface area (Å²) in [6.45, 7) is 9.18. The molecule has 0 amide bonds. The summed E-state index contributed by atoms with van der Waals surface area (Å²) in [6, 6.07) is 0.808. The average molecular weight is 1470 g/mol. The molecule has 11 N–H and O–H groups in total. The third kappa shape index (κ3) is 15.1. The molecule has 0 spiro atoms. The lowest BCUT2D eigenvalue weighted by Gasteiger charge is -2.50. The molecular formula is C60H79N11O32. The summed E-state index contributed by atoms with van der Waals surface area (Å²) in [5.74, 6) is -5.39. The molecule has 0 bridgehead atoms. The number of benzene rings is 3. The minimum absolute atomic E-state index is 0.296. The SMILES string of the molecule is CC1(C)O[C@H]2O[C@H](C(O)CN(CC(O)[C@H]3O[C@@H]4OC(C)(C)O[C@@H]4C3Nc3ccc([N+](=O)[O-])cc3[N+](=O)[O-])[C@@H]3C[C@H](N(CC(O)[C@H]4O[C@@H]5OC(C)(C)O[C@@H]5[C@H]4Nc4ccc([N+](=O)[O-])cc4[N+](=O)[O-])CC(O)[C@H]4O[C@@H]5OC(C)(C)O[C@@H]5[C@H]4Nc4ccc([N+](=O)[O-])cc4[N+](=O)[O-])[C@@H](O)[C@H](O)[C@H]3O)[C@H](O)[C@H]2O1. The lowest BCUT2D eigenvalue weighted by Crippen LogP contribution is -2.68. The largest absolute Gasteiger partial charge is 0.389 e. The predicted molar refractivity (Wildman–Crippen MR) is 340 cm³/mol. The van der Waals surface area contributed by atoms with Crippen LogP contribution in [0.3, 0.4) is 0 Å². The molecule has 566 valence electrons. The standard InChI is InChI=1S/C60H79N11O32/c1-57(2)96-49-38(61-26-12-9-23(66(80)81)15-29(26)69(86)87)45(92-53(49)100-57)34(72)19-64(20-35(73)46-39(50-54(93-46)101-58(3,4)97-50)62-27-13-10-24(67(82)83)16-30(27)70(88)89)32-18-33(42(77)43(78)41(32)76)65(22-37(75)48-44(79)52-56(95-48)103-60(7,8)99-52)21-36(74)47-40(51-55(94-47)102-59(5,6)98-51)63-28-14-11-25(68(84)85)17-31(28)71(90)91/h9-17,32-56,61-63,72-79H,18-22H2,1-8H3/t32-,33+,34?,35?,36?,37?,38-,39-,40?,41+,42-,43-,44-,45+,46+,47+,48+,49+,50+,51+,52+,53+,54+,55+,56+/m0/s1. The monoisotopic (exact) mass is 1470 g/mol. The van der Waals surface area contributed by atoms with E-state index in [4.69, 9.17) is 56.8 Å². The number of anilines is 3. The van der Waals surface area contributed by atoms with Crippen LogP contribution in [0, 0.1) is 60.7 Å². The number of fused-ring (bicyclic) bond motifs is 4. The van der Waals surface area contributed by atoms with Gasteiger partial charge in [-0.05, 0) is 80.0 Å². The number of aliphatic hydroxyl groups is 8. The highest BCUT2D eigenvalue weighted by Gasteiger charge is 2.63. The van der Waals surface area contributed by atoms with Crippen LogP contribution >= 0.6 is 0 Å². The summed E-state index contributed by atoms with van der Waals surface area (Å²) >= 11 is 0. The molecule has 0 aromatic heterocycles. The Hall–Kier alpha value is -7.42. The van der Waals surface area contributed by atoms with Crippen LogP contribution in [0.1, 0.15) is 61.8 Å². The summed E-state index contributed by atoms with van der Waals surface area (Å²) in [4.78, 5) is 70.3. The summed E-state index contributed by atoms with van der Waals surface area (Å²) < 4.78 is 73.6. The van der Waals surface area contributed by atoms with Crippen LogP contribution in [0.15, 0.2) is 54.6 Å². The lowest BCUT2D eigenvalue weighted by molar-refractivity contribution is -0.393. The van der Waals surface area contributed by atoms with Gasteiger partial charge in [0.25, 0.3) is 34.1 Å². The van der Waals surface area contributed by atoms with Gasteiger partial charge < -0.3 is 114 Å². The Labute approximate surface area is 582 Å². The fraction of sp³-hybridized carbons (Fsp3) is 0.700. The number of ether oxygens (including phenoxy) is 12. The molecule has 3 aromatic rings. The van der Waals surface area contributed by atoms with E-state index in [2.05, 4.69) is 16.0 Å². The molecule has 8 aliphatic heterocycles. The topological polar surface area (TPSA) is 574 Å². The molecule has 1 saturated carbocycles. The number of non-ortho nitro benzene ring substituents is 3. The number of nitrogens with zero attached hydrogens (tertiary/aromatic N) is 8. The van der Waals surface area contributed by atoms with E-state index in [1.807, 2.05) is 0 Å². The van der Waals surface area contributed by atoms with E-state index in [1.165, 1.54) is 51.3 Å². The van der Waals surface area contributed by atoms with Crippen LogP contribution in [0.4, 0.5) is 51.2 Å². The molecule has 43 nitrogen and oxygen atoms in total. The van der Waals surface area contributed by atoms with Crippen molar-refractivity contribution in [1.29, 1.82) is 0 Å². The van der Waals surface area contributed by atoms with Gasteiger partial charge in [-0.15, -0.1) is 0 Å². The van der Waals surface area contributed by atoms with Crippen LogP contribution in [0.2, 0.25) is 0 Å². The second kappa shape index (κ2) is 28.1. The van der Waals surface area contributed by atoms with Gasteiger partial charge >= 0.3 is 0 Å². The van der Waals surface area contributed by atoms with Crippen molar-refractivity contribution in [2.24, 2.45) is 0 Å². The number of nitro benzene ring substituents is 6.